The number of hydrogen-bond donors (Lipinski definition) is 1. The van der Waals surface area contributed by atoms with Crippen molar-refractivity contribution in [3.63, 3.8) is 0 Å². The molecular weight excluding hydrogens is 440 g/mol. The van der Waals surface area contributed by atoms with Crippen LogP contribution in [0.4, 0.5) is 4.79 Å². The molecule has 0 fully saturated rings. The minimum Gasteiger partial charge on any atom is -0.489 e. The van der Waals surface area contributed by atoms with E-state index in [-0.39, 0.29) is 0 Å². The number of rotatable bonds is 9. The molecule has 0 aliphatic heterocycles. The highest BCUT2D eigenvalue weighted by atomic mass is 16.5. The molecule has 2 aromatic heterocycles. The Labute approximate surface area is 206 Å². The fourth-order valence-electron chi connectivity index (χ4n) is 4.44. The fraction of sp³-hybridized carbons (Fsp3) is 0.393. The molecule has 7 heteroatoms. The molecule has 0 radical (unpaired) electrons. The summed E-state index contributed by atoms with van der Waals surface area (Å²) in [5, 5.41) is 10.6. The summed E-state index contributed by atoms with van der Waals surface area (Å²) >= 11 is 0. The molecule has 184 valence electrons. The fourth-order valence-corrected chi connectivity index (χ4v) is 4.44. The van der Waals surface area contributed by atoms with Gasteiger partial charge in [0.15, 0.2) is 0 Å². The maximum absolute atomic E-state index is 11.6. The highest BCUT2D eigenvalue weighted by Gasteiger charge is 2.25. The van der Waals surface area contributed by atoms with Crippen molar-refractivity contribution in [3.8, 4) is 5.75 Å². The third-order valence-electron chi connectivity index (χ3n) is 6.24. The van der Waals surface area contributed by atoms with Crippen LogP contribution >= 0.6 is 0 Å². The van der Waals surface area contributed by atoms with E-state index in [1.165, 1.54) is 4.90 Å². The van der Waals surface area contributed by atoms with Gasteiger partial charge in [0.1, 0.15) is 23.7 Å². The van der Waals surface area contributed by atoms with Crippen LogP contribution in [0.2, 0.25) is 0 Å². The van der Waals surface area contributed by atoms with Crippen molar-refractivity contribution in [2.75, 3.05) is 6.54 Å². The van der Waals surface area contributed by atoms with Crippen LogP contribution in [0.15, 0.2) is 54.7 Å². The second kappa shape index (κ2) is 10.3. The van der Waals surface area contributed by atoms with Gasteiger partial charge in [0.2, 0.25) is 0 Å². The monoisotopic (exact) mass is 474 g/mol. The van der Waals surface area contributed by atoms with Crippen molar-refractivity contribution in [2.24, 2.45) is 0 Å². The van der Waals surface area contributed by atoms with Crippen LogP contribution in [-0.4, -0.2) is 42.7 Å². The van der Waals surface area contributed by atoms with Gasteiger partial charge in [0.25, 0.3) is 0 Å². The van der Waals surface area contributed by atoms with Gasteiger partial charge >= 0.3 is 6.09 Å². The Morgan fingerprint density at radius 2 is 1.86 bits per heavy atom. The van der Waals surface area contributed by atoms with E-state index in [9.17, 15) is 9.90 Å². The van der Waals surface area contributed by atoms with Gasteiger partial charge in [0, 0.05) is 36.5 Å². The number of amides is 1. The van der Waals surface area contributed by atoms with Crippen molar-refractivity contribution in [2.45, 2.75) is 65.6 Å². The summed E-state index contributed by atoms with van der Waals surface area (Å²) in [6.45, 7) is 9.69. The van der Waals surface area contributed by atoms with Crippen LogP contribution in [0, 0.1) is 0 Å². The SMILES string of the molecule is CCc1nc2cnc3cc(OCc4ccccc4)ccc3c2n1CCCCN(C(=O)O)C(C)(C)C. The zero-order valence-electron chi connectivity index (χ0n) is 21.0. The maximum Gasteiger partial charge on any atom is 0.407 e. The number of nitrogens with zero attached hydrogens (tertiary/aromatic N) is 4. The summed E-state index contributed by atoms with van der Waals surface area (Å²) in [5.74, 6) is 1.80. The molecule has 4 rings (SSSR count). The van der Waals surface area contributed by atoms with Crippen LogP contribution in [0.3, 0.4) is 0 Å². The Bertz CT molecular complexity index is 1310. The van der Waals surface area contributed by atoms with E-state index in [2.05, 4.69) is 22.5 Å². The number of pyridine rings is 1. The second-order valence-electron chi connectivity index (χ2n) is 9.79. The normalized spacial score (nSPS) is 11.8. The number of aryl methyl sites for hydroxylation is 2. The average molecular weight is 475 g/mol. The van der Waals surface area contributed by atoms with Gasteiger partial charge < -0.3 is 19.3 Å². The first-order valence-corrected chi connectivity index (χ1v) is 12.2. The largest absolute Gasteiger partial charge is 0.489 e. The number of ether oxygens (including phenoxy) is 1. The average Bonchev–Trinajstić information content (AvgIpc) is 3.20. The minimum atomic E-state index is -0.873. The molecule has 0 aliphatic rings. The number of unbranched alkanes of at least 4 members (excludes halogenated alkanes) is 1. The minimum absolute atomic E-state index is 0.412. The number of hydrogen-bond acceptors (Lipinski definition) is 4. The summed E-state index contributed by atoms with van der Waals surface area (Å²) in [7, 11) is 0. The highest BCUT2D eigenvalue weighted by molar-refractivity contribution is 6.02. The van der Waals surface area contributed by atoms with E-state index in [4.69, 9.17) is 9.72 Å². The standard InChI is InChI=1S/C28H34N4O3/c1-5-25-30-24-18-29-23-17-21(35-19-20-11-7-6-8-12-20)13-14-22(23)26(24)31(25)15-9-10-16-32(27(33)34)28(2,3)4/h6-8,11-14,17-18H,5,9-10,15-16,19H2,1-4H3,(H,33,34). The molecule has 0 saturated heterocycles. The van der Waals surface area contributed by atoms with E-state index < -0.39 is 11.6 Å². The molecule has 0 saturated carbocycles. The predicted octanol–water partition coefficient (Wildman–Crippen LogP) is 6.28. The maximum atomic E-state index is 11.6. The third-order valence-corrected chi connectivity index (χ3v) is 6.24. The number of fused-ring (bicyclic) bond motifs is 3. The van der Waals surface area contributed by atoms with Crippen molar-refractivity contribution in [3.05, 3.63) is 66.1 Å². The van der Waals surface area contributed by atoms with Crippen LogP contribution in [0.5, 0.6) is 5.75 Å². The van der Waals surface area contributed by atoms with Gasteiger partial charge in [-0.3, -0.25) is 4.98 Å². The lowest BCUT2D eigenvalue weighted by Crippen LogP contribution is -2.45. The number of carboxylic acid groups (broad SMARTS) is 1. The lowest BCUT2D eigenvalue weighted by Gasteiger charge is -2.33. The molecule has 4 aromatic rings. The zero-order chi connectivity index (χ0) is 25.0. The topological polar surface area (TPSA) is 80.5 Å². The van der Waals surface area contributed by atoms with Gasteiger partial charge in [-0.25, -0.2) is 9.78 Å². The number of imidazole rings is 1. The Kier molecular flexibility index (Phi) is 7.24. The smallest absolute Gasteiger partial charge is 0.407 e. The Balaban J connectivity index is 1.54. The number of carbonyl (C=O) groups is 1. The van der Waals surface area contributed by atoms with Crippen LogP contribution in [0.1, 0.15) is 51.9 Å². The molecule has 0 atom stereocenters. The van der Waals surface area contributed by atoms with Crippen molar-refractivity contribution in [1.82, 2.24) is 19.4 Å². The van der Waals surface area contributed by atoms with E-state index in [1.807, 2.05) is 69.4 Å². The molecule has 0 unspecified atom stereocenters. The summed E-state index contributed by atoms with van der Waals surface area (Å²) in [6, 6.07) is 16.1. The van der Waals surface area contributed by atoms with Gasteiger partial charge in [0.05, 0.1) is 17.2 Å². The summed E-state index contributed by atoms with van der Waals surface area (Å²) in [4.78, 5) is 22.6. The summed E-state index contributed by atoms with van der Waals surface area (Å²) < 4.78 is 8.27. The Hall–Kier alpha value is -3.61. The van der Waals surface area contributed by atoms with Crippen molar-refractivity contribution in [1.29, 1.82) is 0 Å². The quantitative estimate of drug-likeness (QED) is 0.289. The molecule has 35 heavy (non-hydrogen) atoms. The first-order chi connectivity index (χ1) is 16.8. The first-order valence-electron chi connectivity index (χ1n) is 12.2. The van der Waals surface area contributed by atoms with E-state index in [0.29, 0.717) is 13.2 Å². The van der Waals surface area contributed by atoms with Crippen molar-refractivity contribution >= 4 is 28.0 Å². The molecule has 7 nitrogen and oxygen atoms in total. The van der Waals surface area contributed by atoms with Gasteiger partial charge in [-0.05, 0) is 51.3 Å². The molecule has 1 N–H and O–H groups in total. The van der Waals surface area contributed by atoms with Crippen molar-refractivity contribution < 1.29 is 14.6 Å². The number of benzene rings is 2. The molecule has 2 aromatic carbocycles. The third kappa shape index (κ3) is 5.56. The summed E-state index contributed by atoms with van der Waals surface area (Å²) in [6.07, 6.45) is 3.42. The van der Waals surface area contributed by atoms with E-state index in [0.717, 1.165) is 64.9 Å². The summed E-state index contributed by atoms with van der Waals surface area (Å²) in [5.41, 5.74) is 3.54. The Morgan fingerprint density at radius 1 is 1.09 bits per heavy atom. The zero-order valence-corrected chi connectivity index (χ0v) is 21.0. The Morgan fingerprint density at radius 3 is 2.54 bits per heavy atom. The van der Waals surface area contributed by atoms with Crippen LogP contribution < -0.4 is 4.74 Å². The van der Waals surface area contributed by atoms with Crippen LogP contribution in [0.25, 0.3) is 21.9 Å². The molecule has 0 spiro atoms. The van der Waals surface area contributed by atoms with E-state index >= 15 is 0 Å². The lowest BCUT2D eigenvalue weighted by atomic mass is 10.1. The molecule has 0 aliphatic carbocycles. The van der Waals surface area contributed by atoms with Crippen LogP contribution in [-0.2, 0) is 19.6 Å². The van der Waals surface area contributed by atoms with Gasteiger partial charge in [-0.2, -0.15) is 0 Å². The first kappa shape index (κ1) is 24.5. The predicted molar refractivity (Wildman–Crippen MR) is 139 cm³/mol. The highest BCUT2D eigenvalue weighted by Crippen LogP contribution is 2.28. The molecule has 1 amide bonds. The van der Waals surface area contributed by atoms with Gasteiger partial charge in [-0.1, -0.05) is 37.3 Å². The second-order valence-corrected chi connectivity index (χ2v) is 9.79. The number of aromatic nitrogens is 3. The van der Waals surface area contributed by atoms with E-state index in [1.54, 1.807) is 0 Å². The van der Waals surface area contributed by atoms with Gasteiger partial charge in [-0.15, -0.1) is 0 Å². The molecule has 2 heterocycles. The lowest BCUT2D eigenvalue weighted by molar-refractivity contribution is 0.0989. The molecular formula is C28H34N4O3. The molecule has 0 bridgehead atoms.